The average molecular weight is 406 g/mol. The quantitative estimate of drug-likeness (QED) is 0.363. The van der Waals surface area contributed by atoms with Gasteiger partial charge in [0.05, 0.1) is 19.3 Å². The minimum Gasteiger partial charge on any atom is -0.392 e. The summed E-state index contributed by atoms with van der Waals surface area (Å²) in [5, 5.41) is 11.6. The number of nitrogens with one attached hydrogen (secondary N) is 1. The summed E-state index contributed by atoms with van der Waals surface area (Å²) in [6.07, 6.45) is 2.24. The number of amides is 1. The maximum absolute atomic E-state index is 12.4. The zero-order valence-electron chi connectivity index (χ0n) is 17.1. The van der Waals surface area contributed by atoms with Crippen LogP contribution in [-0.2, 0) is 15.5 Å². The Hall–Kier alpha value is -2.14. The first-order chi connectivity index (χ1) is 14.5. The van der Waals surface area contributed by atoms with E-state index in [-0.39, 0.29) is 24.2 Å². The van der Waals surface area contributed by atoms with Gasteiger partial charge < -0.3 is 19.3 Å². The van der Waals surface area contributed by atoms with Crippen molar-refractivity contribution < 1.29 is 18.8 Å². The lowest BCUT2D eigenvalue weighted by molar-refractivity contribution is -0.0169. The Morgan fingerprint density at radius 1 is 1.50 bits per heavy atom. The molecule has 0 saturated carbocycles. The zero-order valence-corrected chi connectivity index (χ0v) is 15.9. The molecule has 2 N–H and O–H groups in total. The first-order valence-corrected chi connectivity index (χ1v) is 9.72. The van der Waals surface area contributed by atoms with Crippen LogP contribution in [0.4, 0.5) is 5.82 Å². The van der Waals surface area contributed by atoms with Crippen LogP contribution in [0.25, 0.3) is 0 Å². The summed E-state index contributed by atoms with van der Waals surface area (Å²) >= 11 is 1.07. The van der Waals surface area contributed by atoms with Crippen molar-refractivity contribution in [1.82, 2.24) is 9.55 Å². The van der Waals surface area contributed by atoms with Crippen LogP contribution in [-0.4, -0.2) is 49.4 Å². The molecule has 8 nitrogen and oxygen atoms in total. The van der Waals surface area contributed by atoms with Gasteiger partial charge in [-0.15, -0.1) is 0 Å². The van der Waals surface area contributed by atoms with Crippen molar-refractivity contribution in [1.29, 1.82) is 2.67 Å². The Morgan fingerprint density at radius 2 is 2.32 bits per heavy atom. The predicted octanol–water partition coefficient (Wildman–Crippen LogP) is 0.921. The second kappa shape index (κ2) is 9.88. The molecule has 148 valence electrons. The molecule has 2 aromatic rings. The molecule has 0 aliphatic carbocycles. The molecule has 0 radical (unpaired) electrons. The fourth-order valence-corrected chi connectivity index (χ4v) is 3.18. The fourth-order valence-electron chi connectivity index (χ4n) is 2.84. The van der Waals surface area contributed by atoms with E-state index in [1.165, 1.54) is 16.8 Å². The molecular weight excluding hydrogens is 381 g/mol. The third kappa shape index (κ3) is 5.23. The van der Waals surface area contributed by atoms with Crippen molar-refractivity contribution in [3.8, 4) is 0 Å². The van der Waals surface area contributed by atoms with E-state index in [1.54, 1.807) is 24.3 Å². The minimum atomic E-state index is -0.934. The van der Waals surface area contributed by atoms with Crippen molar-refractivity contribution in [3.63, 3.8) is 0 Å². The van der Waals surface area contributed by atoms with E-state index in [1.807, 2.05) is 0 Å². The van der Waals surface area contributed by atoms with Gasteiger partial charge in [0.1, 0.15) is 19.8 Å². The molecule has 0 bridgehead atoms. The molecule has 28 heavy (non-hydrogen) atoms. The van der Waals surface area contributed by atoms with Crippen LogP contribution in [0.15, 0.2) is 41.3 Å². The number of anilines is 1. The Kier molecular flexibility index (Phi) is 6.32. The van der Waals surface area contributed by atoms with Gasteiger partial charge in [-0.05, 0) is 57.0 Å². The molecule has 1 amide bonds. The number of aromatic nitrogens is 2. The molecule has 1 aliphatic heterocycles. The number of aliphatic hydroxyl groups is 1. The lowest BCUT2D eigenvalue weighted by Gasteiger charge is -2.15. The van der Waals surface area contributed by atoms with Crippen molar-refractivity contribution in [3.05, 3.63) is 58.1 Å². The second-order valence-electron chi connectivity index (χ2n) is 6.17. The van der Waals surface area contributed by atoms with Crippen LogP contribution in [0, 0.1) is 0 Å². The predicted molar refractivity (Wildman–Crippen MR) is 109 cm³/mol. The highest BCUT2D eigenvalue weighted by molar-refractivity contribution is 7.95. The van der Waals surface area contributed by atoms with Crippen molar-refractivity contribution in [2.24, 2.45) is 0 Å². The summed E-state index contributed by atoms with van der Waals surface area (Å²) in [6.45, 7) is 0.215. The number of carbonyl (C=O) groups excluding carboxylic acids is 1. The van der Waals surface area contributed by atoms with Crippen molar-refractivity contribution >= 4 is 31.5 Å². The van der Waals surface area contributed by atoms with E-state index in [4.69, 9.17) is 16.7 Å². The van der Waals surface area contributed by atoms with Gasteiger partial charge in [-0.1, -0.05) is 12.1 Å². The van der Waals surface area contributed by atoms with Crippen molar-refractivity contribution in [2.45, 2.75) is 31.8 Å². The third-order valence-corrected chi connectivity index (χ3v) is 4.71. The molecule has 2 heterocycles. The van der Waals surface area contributed by atoms with Gasteiger partial charge in [-0.25, -0.2) is 4.79 Å². The maximum Gasteiger partial charge on any atom is 0.351 e. The summed E-state index contributed by atoms with van der Waals surface area (Å²) in [5.74, 6) is -0.263. The summed E-state index contributed by atoms with van der Waals surface area (Å²) in [5.41, 5.74) is 0.817. The monoisotopic (exact) mass is 406 g/mol. The summed E-state index contributed by atoms with van der Waals surface area (Å²) < 4.78 is 26.8. The third-order valence-electron chi connectivity index (χ3n) is 4.27. The summed E-state index contributed by atoms with van der Waals surface area (Å²) in [4.78, 5) is 28.6. The van der Waals surface area contributed by atoms with E-state index in [0.717, 1.165) is 12.0 Å². The first-order valence-electron chi connectivity index (χ1n) is 9.96. The second-order valence-corrected chi connectivity index (χ2v) is 6.98. The molecule has 2 atom stereocenters. The number of ether oxygens (including phenoxy) is 1. The highest BCUT2D eigenvalue weighted by atomic mass is 32.2. The molecule has 1 aromatic carbocycles. The molecule has 1 saturated heterocycles. The molecule has 1 aliphatic rings. The van der Waals surface area contributed by atoms with Crippen LogP contribution >= 0.6 is 12.0 Å². The molecule has 0 spiro atoms. The molecule has 0 unspecified atom stereocenters. The van der Waals surface area contributed by atoms with E-state index in [0.29, 0.717) is 30.6 Å². The number of hydrogen-bond acceptors (Lipinski definition) is 7. The normalized spacial score (nSPS) is 19.8. The molecular formula is C18H22BN3O5S. The van der Waals surface area contributed by atoms with E-state index >= 15 is 0 Å². The minimum absolute atomic E-state index is 0.104. The van der Waals surface area contributed by atoms with Gasteiger partial charge in [-0.3, -0.25) is 9.36 Å². The number of benzene rings is 1. The Bertz CT molecular complexity index is 915. The highest BCUT2D eigenvalue weighted by Crippen LogP contribution is 2.28. The van der Waals surface area contributed by atoms with Crippen molar-refractivity contribution in [2.75, 3.05) is 17.6 Å². The lowest BCUT2D eigenvalue weighted by atomic mass is 10.1. The Balaban J connectivity index is 1.55. The topological polar surface area (TPSA) is 103 Å². The number of aliphatic hydroxyl groups excluding tert-OH is 1. The van der Waals surface area contributed by atoms with Crippen LogP contribution < -0.4 is 11.0 Å². The first kappa shape index (κ1) is 17.9. The number of carbonyl (C=O) groups is 1. The van der Waals surface area contributed by atoms with E-state index < -0.39 is 25.6 Å². The number of nitrogens with zero attached hydrogens (tertiary/aromatic N) is 2. The SMILES string of the molecule is [2H]B([3H])CSOC[C@@H]1CC[C@H](n2ccc(NC(=O)c3ccc(CO)cc3)nc2=O)O1. The molecule has 3 rings (SSSR count). The number of hydrogen-bond donors (Lipinski definition) is 2. The lowest BCUT2D eigenvalue weighted by Crippen LogP contribution is -2.28. The van der Waals surface area contributed by atoms with Gasteiger partial charge in [0, 0.05) is 11.8 Å². The summed E-state index contributed by atoms with van der Waals surface area (Å²) in [6, 6.07) is 8.00. The maximum atomic E-state index is 12.4. The van der Waals surface area contributed by atoms with Gasteiger partial charge in [0.25, 0.3) is 5.91 Å². The van der Waals surface area contributed by atoms with Gasteiger partial charge in [0.15, 0.2) is 0 Å². The zero-order chi connectivity index (χ0) is 21.5. The smallest absolute Gasteiger partial charge is 0.351 e. The van der Waals surface area contributed by atoms with Gasteiger partial charge in [-0.2, -0.15) is 4.98 Å². The largest absolute Gasteiger partial charge is 0.392 e. The number of rotatable bonds is 9. The van der Waals surface area contributed by atoms with Crippen LogP contribution in [0.3, 0.4) is 0 Å². The van der Waals surface area contributed by atoms with Crippen LogP contribution in [0.2, 0.25) is 0 Å². The standard InChI is InChI=1S/C18H22BN3O5S/c19-11-28-26-10-14-5-6-16(27-14)22-8-7-15(21-18(22)25)20-17(24)13-3-1-12(9-23)2-4-13/h1-4,7-8,14,16,23H,5-6,9-11,19H2,(H,20,21,24,25)/t14-,16+/m0/s1/i19TD. The van der Waals surface area contributed by atoms with Gasteiger partial charge >= 0.3 is 5.69 Å². The fraction of sp³-hybridized carbons (Fsp3) is 0.389. The average Bonchev–Trinajstić information content (AvgIpc) is 3.20. The summed E-state index contributed by atoms with van der Waals surface area (Å²) in [7, 11) is -0.934. The van der Waals surface area contributed by atoms with Crippen LogP contribution in [0.5, 0.6) is 0 Å². The Morgan fingerprint density at radius 3 is 3.04 bits per heavy atom. The highest BCUT2D eigenvalue weighted by Gasteiger charge is 2.27. The molecule has 1 aromatic heterocycles. The van der Waals surface area contributed by atoms with Crippen LogP contribution in [0.1, 0.15) is 35.0 Å². The Labute approximate surface area is 170 Å². The van der Waals surface area contributed by atoms with Gasteiger partial charge in [0.2, 0.25) is 0 Å². The molecule has 1 fully saturated rings. The molecule has 10 heteroatoms. The van der Waals surface area contributed by atoms with E-state index in [9.17, 15) is 9.59 Å². The van der Waals surface area contributed by atoms with E-state index in [2.05, 4.69) is 10.3 Å².